The second-order valence-corrected chi connectivity index (χ2v) is 12.2. The Labute approximate surface area is 171 Å². The molecule has 0 radical (unpaired) electrons. The molecule has 0 bridgehead atoms. The van der Waals surface area contributed by atoms with Gasteiger partial charge in [0.2, 0.25) is 0 Å². The summed E-state index contributed by atoms with van der Waals surface area (Å²) in [4.78, 5) is -0.473. The van der Waals surface area contributed by atoms with Crippen molar-refractivity contribution in [3.8, 4) is 0 Å². The van der Waals surface area contributed by atoms with Gasteiger partial charge in [-0.2, -0.15) is 16.8 Å². The minimum atomic E-state index is -4.27. The molecule has 0 aliphatic rings. The van der Waals surface area contributed by atoms with Gasteiger partial charge in [0, 0.05) is 12.1 Å². The molecule has 0 aliphatic carbocycles. The van der Waals surface area contributed by atoms with Crippen molar-refractivity contribution in [2.45, 2.75) is 34.7 Å². The van der Waals surface area contributed by atoms with Gasteiger partial charge in [0.25, 0.3) is 20.2 Å². The van der Waals surface area contributed by atoms with Gasteiger partial charge in [0.15, 0.2) is 0 Å². The highest BCUT2D eigenvalue weighted by molar-refractivity contribution is 7.86. The van der Waals surface area contributed by atoms with Gasteiger partial charge in [-0.05, 0) is 48.2 Å². The van der Waals surface area contributed by atoms with Gasteiger partial charge >= 0.3 is 17.9 Å². The first-order valence-corrected chi connectivity index (χ1v) is 14.2. The van der Waals surface area contributed by atoms with Gasteiger partial charge in [-0.25, -0.2) is 0 Å². The van der Waals surface area contributed by atoms with E-state index in [0.29, 0.717) is 24.0 Å². The minimum absolute atomic E-state index is 0.134. The molecule has 13 heteroatoms. The highest BCUT2D eigenvalue weighted by atomic mass is 32.2. The summed E-state index contributed by atoms with van der Waals surface area (Å²) in [5.74, 6) is 0. The Hall–Kier alpha value is -1.91. The second-order valence-electron chi connectivity index (χ2n) is 6.08. The number of hydrogen-bond acceptors (Lipinski definition) is 7. The maximum absolute atomic E-state index is 12.0. The lowest BCUT2D eigenvalue weighted by atomic mass is 10.2. The Bertz CT molecular complexity index is 1000. The zero-order chi connectivity index (χ0) is 21.7. The van der Waals surface area contributed by atoms with Crippen molar-refractivity contribution in [3.05, 3.63) is 59.7 Å². The molecule has 0 aliphatic heterocycles. The Kier molecular flexibility index (Phi) is 7.84. The number of benzene rings is 2. The van der Waals surface area contributed by atoms with Crippen molar-refractivity contribution >= 4 is 38.1 Å². The fourth-order valence-electron chi connectivity index (χ4n) is 2.38. The molecule has 9 nitrogen and oxygen atoms in total. The zero-order valence-corrected chi connectivity index (χ0v) is 18.6. The van der Waals surface area contributed by atoms with E-state index in [4.69, 9.17) is 13.2 Å². The molecule has 0 saturated carbocycles. The summed E-state index contributed by atoms with van der Waals surface area (Å²) in [6, 6.07) is 11.1. The number of rotatable bonds is 10. The summed E-state index contributed by atoms with van der Waals surface area (Å²) in [7, 11) is -13.6. The highest BCUT2D eigenvalue weighted by Gasteiger charge is 2.17. The van der Waals surface area contributed by atoms with Crippen molar-refractivity contribution in [3.63, 3.8) is 0 Å². The lowest BCUT2D eigenvalue weighted by Crippen LogP contribution is -2.16. The zero-order valence-electron chi connectivity index (χ0n) is 15.0. The van der Waals surface area contributed by atoms with E-state index in [1.54, 1.807) is 0 Å². The van der Waals surface area contributed by atoms with Crippen LogP contribution in [0.1, 0.15) is 11.1 Å². The maximum atomic E-state index is 12.0. The van der Waals surface area contributed by atoms with Gasteiger partial charge < -0.3 is 13.0 Å². The third-order valence-electron chi connectivity index (χ3n) is 3.91. The summed E-state index contributed by atoms with van der Waals surface area (Å²) >= 11 is 0. The molecule has 0 aromatic heterocycles. The van der Waals surface area contributed by atoms with Gasteiger partial charge in [-0.15, -0.1) is 0 Å². The Balaban J connectivity index is 1.78. The number of aryl methyl sites for hydroxylation is 2. The molecule has 2 aromatic carbocycles. The van der Waals surface area contributed by atoms with Crippen molar-refractivity contribution < 1.29 is 39.0 Å². The van der Waals surface area contributed by atoms with Crippen LogP contribution in [-0.2, 0) is 46.1 Å². The van der Waals surface area contributed by atoms with Crippen LogP contribution in [0.2, 0.25) is 12.1 Å². The van der Waals surface area contributed by atoms with E-state index in [9.17, 15) is 25.8 Å². The van der Waals surface area contributed by atoms with Crippen molar-refractivity contribution in [1.82, 2.24) is 0 Å². The van der Waals surface area contributed by atoms with E-state index in [2.05, 4.69) is 0 Å². The molecule has 0 spiro atoms. The SMILES string of the molecule is O=[Si](CCc1ccc(S(=O)(=O)O)cc1)O[Si](=O)CCc1ccc(S(=O)(=O)O)cc1. The predicted octanol–water partition coefficient (Wildman–Crippen LogP) is 1.82. The molecule has 0 saturated heterocycles. The maximum Gasteiger partial charge on any atom is 0.495 e. The third-order valence-corrected chi connectivity index (χ3v) is 8.78. The van der Waals surface area contributed by atoms with E-state index < -0.39 is 38.1 Å². The van der Waals surface area contributed by atoms with E-state index >= 15 is 0 Å². The van der Waals surface area contributed by atoms with Crippen LogP contribution < -0.4 is 0 Å². The van der Waals surface area contributed by atoms with Crippen LogP contribution in [0.15, 0.2) is 58.3 Å². The van der Waals surface area contributed by atoms with Crippen LogP contribution >= 0.6 is 0 Å². The third kappa shape index (κ3) is 7.79. The molecule has 0 atom stereocenters. The molecular weight excluding hydrogens is 456 g/mol. The standard InChI is InChI=1S/C16H18O9S2Si2/c17-26(18,19)15-5-1-13(2-6-15)9-11-28(23)25-29(24)12-10-14-3-7-16(8-4-14)27(20,21)22/h1-8H,9-12H2,(H,17,18,19)(H,20,21,22). The minimum Gasteiger partial charge on any atom is -0.525 e. The quantitative estimate of drug-likeness (QED) is 0.388. The molecule has 0 unspecified atom stereocenters. The molecule has 0 amide bonds. The fraction of sp³-hybridized carbons (Fsp3) is 0.250. The monoisotopic (exact) mass is 474 g/mol. The normalized spacial score (nSPS) is 11.8. The Morgan fingerprint density at radius 2 is 0.966 bits per heavy atom. The highest BCUT2D eigenvalue weighted by Crippen LogP contribution is 2.13. The first kappa shape index (κ1) is 23.4. The molecule has 2 rings (SSSR count). The first-order chi connectivity index (χ1) is 13.4. The van der Waals surface area contributed by atoms with Gasteiger partial charge in [0.05, 0.1) is 9.79 Å². The predicted molar refractivity (Wildman–Crippen MR) is 104 cm³/mol. The van der Waals surface area contributed by atoms with Crippen molar-refractivity contribution in [2.75, 3.05) is 0 Å². The molecule has 2 N–H and O–H groups in total. The fourth-order valence-corrected chi connectivity index (χ4v) is 6.16. The first-order valence-electron chi connectivity index (χ1n) is 8.31. The topological polar surface area (TPSA) is 152 Å². The lowest BCUT2D eigenvalue weighted by Gasteiger charge is -2.04. The van der Waals surface area contributed by atoms with E-state index in [1.807, 2.05) is 0 Å². The van der Waals surface area contributed by atoms with Crippen LogP contribution in [0.25, 0.3) is 0 Å². The average molecular weight is 475 g/mol. The molecule has 156 valence electrons. The molecular formula is C16H18O9S2Si2. The van der Waals surface area contributed by atoms with Crippen LogP contribution in [0.4, 0.5) is 0 Å². The average Bonchev–Trinajstić information content (AvgIpc) is 2.64. The molecule has 0 heterocycles. The second kappa shape index (κ2) is 9.73. The Morgan fingerprint density at radius 1 is 0.655 bits per heavy atom. The van der Waals surface area contributed by atoms with Gasteiger partial charge in [0.1, 0.15) is 0 Å². The molecule has 2 aromatic rings. The van der Waals surface area contributed by atoms with Gasteiger partial charge in [-0.1, -0.05) is 24.3 Å². The molecule has 29 heavy (non-hydrogen) atoms. The van der Waals surface area contributed by atoms with Crippen molar-refractivity contribution in [2.24, 2.45) is 0 Å². The van der Waals surface area contributed by atoms with Crippen LogP contribution in [0.3, 0.4) is 0 Å². The van der Waals surface area contributed by atoms with Crippen LogP contribution in [0.5, 0.6) is 0 Å². The smallest absolute Gasteiger partial charge is 0.495 e. The van der Waals surface area contributed by atoms with E-state index in [1.165, 1.54) is 48.5 Å². The summed E-state index contributed by atoms with van der Waals surface area (Å²) in [6.45, 7) is 0. The lowest BCUT2D eigenvalue weighted by molar-refractivity contribution is 0.410. The summed E-state index contributed by atoms with van der Waals surface area (Å²) in [6.07, 6.45) is 0.658. The van der Waals surface area contributed by atoms with Crippen molar-refractivity contribution in [1.29, 1.82) is 0 Å². The van der Waals surface area contributed by atoms with Gasteiger partial charge in [-0.3, -0.25) is 9.11 Å². The van der Waals surface area contributed by atoms with Crippen LogP contribution in [-0.4, -0.2) is 43.8 Å². The largest absolute Gasteiger partial charge is 0.525 e. The van der Waals surface area contributed by atoms with Crippen LogP contribution in [0, 0.1) is 0 Å². The summed E-state index contributed by atoms with van der Waals surface area (Å²) < 4.78 is 90.8. The number of hydrogen-bond donors (Lipinski definition) is 2. The summed E-state index contributed by atoms with van der Waals surface area (Å²) in [5.41, 5.74) is 1.39. The van der Waals surface area contributed by atoms with E-state index in [0.717, 1.165) is 0 Å². The van der Waals surface area contributed by atoms with E-state index in [-0.39, 0.29) is 21.9 Å². The Morgan fingerprint density at radius 3 is 1.24 bits per heavy atom. The molecule has 0 fully saturated rings. The summed E-state index contributed by atoms with van der Waals surface area (Å²) in [5, 5.41) is 0.